The first-order chi connectivity index (χ1) is 9.69. The van der Waals surface area contributed by atoms with E-state index in [1.54, 1.807) is 6.07 Å². The van der Waals surface area contributed by atoms with Crippen LogP contribution in [-0.4, -0.2) is 27.5 Å². The molecule has 1 aromatic heterocycles. The van der Waals surface area contributed by atoms with Gasteiger partial charge in [0.25, 0.3) is 0 Å². The summed E-state index contributed by atoms with van der Waals surface area (Å²) < 4.78 is 0. The lowest BCUT2D eigenvalue weighted by Crippen LogP contribution is -2.20. The number of fused-ring (bicyclic) bond motifs is 1. The maximum absolute atomic E-state index is 11.4. The Balaban J connectivity index is 1.98. The molecule has 2 aromatic rings. The number of aromatic carboxylic acids is 1. The van der Waals surface area contributed by atoms with Gasteiger partial charge in [-0.1, -0.05) is 24.3 Å². The molecule has 0 radical (unpaired) electrons. The average molecular weight is 287 g/mol. The van der Waals surface area contributed by atoms with Crippen molar-refractivity contribution in [1.82, 2.24) is 10.2 Å². The molecule has 3 rings (SSSR count). The van der Waals surface area contributed by atoms with Gasteiger partial charge in [-0.25, -0.2) is 4.79 Å². The number of carboxylic acid groups (broad SMARTS) is 1. The van der Waals surface area contributed by atoms with Gasteiger partial charge < -0.3 is 10.0 Å². The van der Waals surface area contributed by atoms with E-state index in [1.807, 2.05) is 23.3 Å². The standard InChI is InChI=1S/C14H13N3O2S/c1-20-12-6-11(14(18)19)13(16-15-12)17-7-9-4-2-3-5-10(9)8-17/h2-6H,7-8H2,1H3,(H,18,19). The van der Waals surface area contributed by atoms with Crippen molar-refractivity contribution in [2.24, 2.45) is 0 Å². The summed E-state index contributed by atoms with van der Waals surface area (Å²) in [5.74, 6) is -0.535. The highest BCUT2D eigenvalue weighted by molar-refractivity contribution is 7.98. The first kappa shape index (κ1) is 12.9. The van der Waals surface area contributed by atoms with Crippen LogP contribution in [0, 0.1) is 0 Å². The van der Waals surface area contributed by atoms with Gasteiger partial charge in [0, 0.05) is 13.1 Å². The maximum Gasteiger partial charge on any atom is 0.339 e. The van der Waals surface area contributed by atoms with Gasteiger partial charge in [0.05, 0.1) is 0 Å². The molecule has 2 heterocycles. The van der Waals surface area contributed by atoms with E-state index in [0.29, 0.717) is 23.9 Å². The predicted molar refractivity (Wildman–Crippen MR) is 77.1 cm³/mol. The largest absolute Gasteiger partial charge is 0.478 e. The predicted octanol–water partition coefficient (Wildman–Crippen LogP) is 2.42. The summed E-state index contributed by atoms with van der Waals surface area (Å²) in [6, 6.07) is 9.67. The van der Waals surface area contributed by atoms with Gasteiger partial charge in [-0.15, -0.1) is 22.0 Å². The van der Waals surface area contributed by atoms with Crippen molar-refractivity contribution in [3.63, 3.8) is 0 Å². The Morgan fingerprint density at radius 1 is 1.25 bits per heavy atom. The molecule has 20 heavy (non-hydrogen) atoms. The van der Waals surface area contributed by atoms with Crippen LogP contribution >= 0.6 is 11.8 Å². The van der Waals surface area contributed by atoms with E-state index in [2.05, 4.69) is 22.3 Å². The molecule has 0 amide bonds. The molecular formula is C14H13N3O2S. The van der Waals surface area contributed by atoms with Crippen LogP contribution in [0.15, 0.2) is 35.4 Å². The Bertz CT molecular complexity index is 650. The Morgan fingerprint density at radius 3 is 2.45 bits per heavy atom. The number of hydrogen-bond acceptors (Lipinski definition) is 5. The number of anilines is 1. The van der Waals surface area contributed by atoms with Crippen molar-refractivity contribution in [3.8, 4) is 0 Å². The van der Waals surface area contributed by atoms with Gasteiger partial charge in [-0.05, 0) is 23.4 Å². The molecule has 102 valence electrons. The van der Waals surface area contributed by atoms with Crippen molar-refractivity contribution in [1.29, 1.82) is 0 Å². The normalized spacial score (nSPS) is 13.3. The van der Waals surface area contributed by atoms with Crippen LogP contribution in [0.5, 0.6) is 0 Å². The Labute approximate surface area is 120 Å². The zero-order valence-corrected chi connectivity index (χ0v) is 11.7. The molecule has 1 aliphatic heterocycles. The number of carboxylic acids is 1. The third-order valence-electron chi connectivity index (χ3n) is 3.33. The van der Waals surface area contributed by atoms with E-state index in [4.69, 9.17) is 0 Å². The van der Waals surface area contributed by atoms with Crippen LogP contribution in [0.2, 0.25) is 0 Å². The SMILES string of the molecule is CSc1cc(C(=O)O)c(N2Cc3ccccc3C2)nn1. The van der Waals surface area contributed by atoms with E-state index in [-0.39, 0.29) is 5.56 Å². The second-order valence-electron chi connectivity index (χ2n) is 4.55. The number of thioether (sulfide) groups is 1. The van der Waals surface area contributed by atoms with Crippen molar-refractivity contribution in [3.05, 3.63) is 47.0 Å². The van der Waals surface area contributed by atoms with Crippen LogP contribution in [0.3, 0.4) is 0 Å². The molecule has 0 saturated carbocycles. The van der Waals surface area contributed by atoms with Crippen LogP contribution < -0.4 is 4.90 Å². The van der Waals surface area contributed by atoms with Crippen LogP contribution in [0.4, 0.5) is 5.82 Å². The first-order valence-electron chi connectivity index (χ1n) is 6.16. The van der Waals surface area contributed by atoms with Gasteiger partial charge in [0.15, 0.2) is 5.82 Å². The number of carbonyl (C=O) groups is 1. The van der Waals surface area contributed by atoms with Crippen molar-refractivity contribution < 1.29 is 9.90 Å². The van der Waals surface area contributed by atoms with Crippen molar-refractivity contribution in [2.45, 2.75) is 18.1 Å². The Morgan fingerprint density at radius 2 is 1.90 bits per heavy atom. The highest BCUT2D eigenvalue weighted by Gasteiger charge is 2.25. The topological polar surface area (TPSA) is 66.3 Å². The number of benzene rings is 1. The molecule has 0 fully saturated rings. The molecule has 1 aliphatic rings. The molecule has 0 bridgehead atoms. The fourth-order valence-corrected chi connectivity index (χ4v) is 2.70. The number of rotatable bonds is 3. The molecule has 0 saturated heterocycles. The lowest BCUT2D eigenvalue weighted by Gasteiger charge is -2.18. The highest BCUT2D eigenvalue weighted by Crippen LogP contribution is 2.29. The van der Waals surface area contributed by atoms with Gasteiger partial charge >= 0.3 is 5.97 Å². The summed E-state index contributed by atoms with van der Waals surface area (Å²) in [6.45, 7) is 1.34. The minimum absolute atomic E-state index is 0.206. The zero-order chi connectivity index (χ0) is 14.1. The van der Waals surface area contributed by atoms with Gasteiger partial charge in [-0.2, -0.15) is 0 Å². The van der Waals surface area contributed by atoms with Gasteiger partial charge in [0.2, 0.25) is 0 Å². The quantitative estimate of drug-likeness (QED) is 0.875. The summed E-state index contributed by atoms with van der Waals surface area (Å²) in [4.78, 5) is 13.4. The summed E-state index contributed by atoms with van der Waals surface area (Å²) in [6.07, 6.45) is 1.85. The van der Waals surface area contributed by atoms with Gasteiger partial charge in [-0.3, -0.25) is 0 Å². The molecule has 1 N–H and O–H groups in total. The summed E-state index contributed by atoms with van der Waals surface area (Å²) in [5.41, 5.74) is 2.62. The minimum atomic E-state index is -0.971. The van der Waals surface area contributed by atoms with E-state index in [1.165, 1.54) is 22.9 Å². The molecule has 6 heteroatoms. The Hall–Kier alpha value is -2.08. The summed E-state index contributed by atoms with van der Waals surface area (Å²) in [5, 5.41) is 18.1. The Kier molecular flexibility index (Phi) is 3.31. The third-order valence-corrected chi connectivity index (χ3v) is 3.95. The molecule has 1 aromatic carbocycles. The molecule has 5 nitrogen and oxygen atoms in total. The van der Waals surface area contributed by atoms with Crippen molar-refractivity contribution in [2.75, 3.05) is 11.2 Å². The fraction of sp³-hybridized carbons (Fsp3) is 0.214. The second-order valence-corrected chi connectivity index (χ2v) is 5.38. The molecule has 0 spiro atoms. The number of aromatic nitrogens is 2. The van der Waals surface area contributed by atoms with Gasteiger partial charge in [0.1, 0.15) is 10.6 Å². The summed E-state index contributed by atoms with van der Waals surface area (Å²) in [7, 11) is 0. The monoisotopic (exact) mass is 287 g/mol. The van der Waals surface area contributed by atoms with Crippen LogP contribution in [0.25, 0.3) is 0 Å². The lowest BCUT2D eigenvalue weighted by atomic mass is 10.1. The highest BCUT2D eigenvalue weighted by atomic mass is 32.2. The average Bonchev–Trinajstić information content (AvgIpc) is 2.90. The number of nitrogens with zero attached hydrogens (tertiary/aromatic N) is 3. The third kappa shape index (κ3) is 2.22. The van der Waals surface area contributed by atoms with Crippen LogP contribution in [0.1, 0.15) is 21.5 Å². The van der Waals surface area contributed by atoms with E-state index in [0.717, 1.165) is 0 Å². The van der Waals surface area contributed by atoms with E-state index < -0.39 is 5.97 Å². The molecule has 0 aliphatic carbocycles. The van der Waals surface area contributed by atoms with E-state index >= 15 is 0 Å². The zero-order valence-electron chi connectivity index (χ0n) is 10.9. The minimum Gasteiger partial charge on any atom is -0.478 e. The smallest absolute Gasteiger partial charge is 0.339 e. The second kappa shape index (κ2) is 5.13. The van der Waals surface area contributed by atoms with Crippen LogP contribution in [-0.2, 0) is 13.1 Å². The summed E-state index contributed by atoms with van der Waals surface area (Å²) >= 11 is 1.38. The molecular weight excluding hydrogens is 274 g/mol. The van der Waals surface area contributed by atoms with Crippen molar-refractivity contribution >= 4 is 23.5 Å². The molecule has 0 unspecified atom stereocenters. The van der Waals surface area contributed by atoms with E-state index in [9.17, 15) is 9.90 Å². The fourth-order valence-electron chi connectivity index (χ4n) is 2.34. The maximum atomic E-state index is 11.4. The number of hydrogen-bond donors (Lipinski definition) is 1. The first-order valence-corrected chi connectivity index (χ1v) is 7.38. The molecule has 0 atom stereocenters. The lowest BCUT2D eigenvalue weighted by molar-refractivity contribution is 0.0696.